The molecule has 0 aliphatic rings. The van der Waals surface area contributed by atoms with E-state index in [0.717, 1.165) is 17.7 Å². The molecular weight excluding hydrogens is 220 g/mol. The quantitative estimate of drug-likeness (QED) is 0.880. The highest BCUT2D eigenvalue weighted by molar-refractivity contribution is 5.61. The zero-order valence-corrected chi connectivity index (χ0v) is 11.3. The van der Waals surface area contributed by atoms with E-state index in [1.807, 2.05) is 12.1 Å². The number of anilines is 1. The number of rotatable bonds is 3. The van der Waals surface area contributed by atoms with Crippen molar-refractivity contribution in [3.8, 4) is 11.3 Å². The van der Waals surface area contributed by atoms with Gasteiger partial charge in [-0.15, -0.1) is 0 Å². The average Bonchev–Trinajstić information content (AvgIpc) is 2.40. The summed E-state index contributed by atoms with van der Waals surface area (Å²) < 4.78 is 0. The minimum Gasteiger partial charge on any atom is -0.397 e. The first-order chi connectivity index (χ1) is 8.53. The number of hydrogen-bond donors (Lipinski definition) is 1. The maximum atomic E-state index is 5.64. The van der Waals surface area contributed by atoms with E-state index in [2.05, 4.69) is 50.0 Å². The van der Waals surface area contributed by atoms with Crippen molar-refractivity contribution < 1.29 is 0 Å². The van der Waals surface area contributed by atoms with E-state index in [0.29, 0.717) is 5.69 Å². The van der Waals surface area contributed by atoms with Crippen LogP contribution in [-0.2, 0) is 5.41 Å². The molecule has 0 saturated heterocycles. The van der Waals surface area contributed by atoms with Crippen LogP contribution in [-0.4, -0.2) is 4.98 Å². The molecule has 2 N–H and O–H groups in total. The molecule has 0 bridgehead atoms. The normalized spacial score (nSPS) is 11.5. The SMILES string of the molecule is CCC(C)(C)c1ccc(-c2ccc(N)cn2)cc1. The second kappa shape index (κ2) is 4.81. The Bertz CT molecular complexity index is 510. The molecule has 0 radical (unpaired) electrons. The Morgan fingerprint density at radius 3 is 2.22 bits per heavy atom. The van der Waals surface area contributed by atoms with Crippen LogP contribution < -0.4 is 5.73 Å². The van der Waals surface area contributed by atoms with Gasteiger partial charge in [-0.05, 0) is 29.5 Å². The number of benzene rings is 1. The standard InChI is InChI=1S/C16H20N2/c1-4-16(2,3)13-7-5-12(6-8-13)15-10-9-14(17)11-18-15/h5-11H,4,17H2,1-3H3. The minimum absolute atomic E-state index is 0.229. The van der Waals surface area contributed by atoms with E-state index in [4.69, 9.17) is 5.73 Å². The molecular formula is C16H20N2. The summed E-state index contributed by atoms with van der Waals surface area (Å²) in [6.45, 7) is 6.75. The zero-order chi connectivity index (χ0) is 13.2. The van der Waals surface area contributed by atoms with E-state index in [-0.39, 0.29) is 5.41 Å². The van der Waals surface area contributed by atoms with Crippen molar-refractivity contribution in [3.05, 3.63) is 48.2 Å². The summed E-state index contributed by atoms with van der Waals surface area (Å²) in [5.41, 5.74) is 10.0. The predicted octanol–water partition coefficient (Wildman–Crippen LogP) is 4.02. The molecule has 2 aromatic rings. The van der Waals surface area contributed by atoms with E-state index in [1.54, 1.807) is 6.20 Å². The molecule has 0 unspecified atom stereocenters. The maximum Gasteiger partial charge on any atom is 0.0703 e. The highest BCUT2D eigenvalue weighted by Crippen LogP contribution is 2.28. The Morgan fingerprint density at radius 2 is 1.72 bits per heavy atom. The fraction of sp³-hybridized carbons (Fsp3) is 0.312. The monoisotopic (exact) mass is 240 g/mol. The second-order valence-corrected chi connectivity index (χ2v) is 5.29. The smallest absolute Gasteiger partial charge is 0.0703 e. The molecule has 2 heteroatoms. The summed E-state index contributed by atoms with van der Waals surface area (Å²) in [4.78, 5) is 4.34. The van der Waals surface area contributed by atoms with E-state index < -0.39 is 0 Å². The van der Waals surface area contributed by atoms with Gasteiger partial charge in [0.1, 0.15) is 0 Å². The first kappa shape index (κ1) is 12.6. The number of pyridine rings is 1. The third kappa shape index (κ3) is 2.53. The molecule has 0 atom stereocenters. The van der Waals surface area contributed by atoms with Crippen LogP contribution in [0.4, 0.5) is 5.69 Å². The van der Waals surface area contributed by atoms with Gasteiger partial charge in [0.2, 0.25) is 0 Å². The van der Waals surface area contributed by atoms with E-state index in [9.17, 15) is 0 Å². The van der Waals surface area contributed by atoms with Gasteiger partial charge in [-0.2, -0.15) is 0 Å². The molecule has 0 aliphatic carbocycles. The van der Waals surface area contributed by atoms with E-state index >= 15 is 0 Å². The van der Waals surface area contributed by atoms with Crippen molar-refractivity contribution in [2.75, 3.05) is 5.73 Å². The van der Waals surface area contributed by atoms with Gasteiger partial charge in [0.05, 0.1) is 17.6 Å². The first-order valence-electron chi connectivity index (χ1n) is 6.35. The molecule has 18 heavy (non-hydrogen) atoms. The predicted molar refractivity (Wildman–Crippen MR) is 77.4 cm³/mol. The summed E-state index contributed by atoms with van der Waals surface area (Å²) in [5.74, 6) is 0. The highest BCUT2D eigenvalue weighted by Gasteiger charge is 2.17. The minimum atomic E-state index is 0.229. The lowest BCUT2D eigenvalue weighted by Crippen LogP contribution is -2.14. The van der Waals surface area contributed by atoms with Crippen molar-refractivity contribution >= 4 is 5.69 Å². The third-order valence-electron chi connectivity index (χ3n) is 3.63. The van der Waals surface area contributed by atoms with Crippen LogP contribution >= 0.6 is 0 Å². The second-order valence-electron chi connectivity index (χ2n) is 5.29. The highest BCUT2D eigenvalue weighted by atomic mass is 14.7. The van der Waals surface area contributed by atoms with Crippen LogP contribution in [0.1, 0.15) is 32.8 Å². The van der Waals surface area contributed by atoms with Crippen molar-refractivity contribution in [2.45, 2.75) is 32.6 Å². The Balaban J connectivity index is 2.30. The summed E-state index contributed by atoms with van der Waals surface area (Å²) in [7, 11) is 0. The topological polar surface area (TPSA) is 38.9 Å². The number of hydrogen-bond acceptors (Lipinski definition) is 2. The molecule has 1 heterocycles. The van der Waals surface area contributed by atoms with Crippen LogP contribution in [0.25, 0.3) is 11.3 Å². The summed E-state index contributed by atoms with van der Waals surface area (Å²) in [5, 5.41) is 0. The van der Waals surface area contributed by atoms with Crippen LogP contribution in [0.3, 0.4) is 0 Å². The van der Waals surface area contributed by atoms with Gasteiger partial charge in [-0.25, -0.2) is 0 Å². The molecule has 0 saturated carbocycles. The molecule has 2 nitrogen and oxygen atoms in total. The molecule has 0 fully saturated rings. The average molecular weight is 240 g/mol. The summed E-state index contributed by atoms with van der Waals surface area (Å²) >= 11 is 0. The molecule has 1 aromatic heterocycles. The summed E-state index contributed by atoms with van der Waals surface area (Å²) in [6.07, 6.45) is 2.83. The van der Waals surface area contributed by atoms with Gasteiger partial charge < -0.3 is 5.73 Å². The Morgan fingerprint density at radius 1 is 1.06 bits per heavy atom. The fourth-order valence-electron chi connectivity index (χ4n) is 1.87. The van der Waals surface area contributed by atoms with E-state index in [1.165, 1.54) is 5.56 Å². The third-order valence-corrected chi connectivity index (χ3v) is 3.63. The maximum absolute atomic E-state index is 5.64. The number of nitrogen functional groups attached to an aromatic ring is 1. The van der Waals surface area contributed by atoms with Gasteiger partial charge >= 0.3 is 0 Å². The van der Waals surface area contributed by atoms with Gasteiger partial charge in [-0.3, -0.25) is 4.98 Å². The van der Waals surface area contributed by atoms with Crippen molar-refractivity contribution in [1.29, 1.82) is 0 Å². The van der Waals surface area contributed by atoms with Crippen molar-refractivity contribution in [1.82, 2.24) is 4.98 Å². The van der Waals surface area contributed by atoms with Gasteiger partial charge in [0, 0.05) is 5.56 Å². The van der Waals surface area contributed by atoms with Crippen LogP contribution in [0.15, 0.2) is 42.6 Å². The Hall–Kier alpha value is -1.83. The molecule has 94 valence electrons. The number of aromatic nitrogens is 1. The fourth-order valence-corrected chi connectivity index (χ4v) is 1.87. The number of nitrogens with zero attached hydrogens (tertiary/aromatic N) is 1. The van der Waals surface area contributed by atoms with Crippen molar-refractivity contribution in [2.24, 2.45) is 0 Å². The van der Waals surface area contributed by atoms with Gasteiger partial charge in [0.15, 0.2) is 0 Å². The molecule has 1 aromatic carbocycles. The molecule has 0 aliphatic heterocycles. The largest absolute Gasteiger partial charge is 0.397 e. The lowest BCUT2D eigenvalue weighted by atomic mass is 9.82. The number of nitrogens with two attached hydrogens (primary N) is 1. The molecule has 2 rings (SSSR count). The molecule has 0 amide bonds. The van der Waals surface area contributed by atoms with Gasteiger partial charge in [0.25, 0.3) is 0 Å². The van der Waals surface area contributed by atoms with Crippen LogP contribution in [0, 0.1) is 0 Å². The van der Waals surface area contributed by atoms with Crippen molar-refractivity contribution in [3.63, 3.8) is 0 Å². The molecule has 0 spiro atoms. The lowest BCUT2D eigenvalue weighted by Gasteiger charge is -2.23. The van der Waals surface area contributed by atoms with Crippen LogP contribution in [0.2, 0.25) is 0 Å². The van der Waals surface area contributed by atoms with Gasteiger partial charge in [-0.1, -0.05) is 45.0 Å². The van der Waals surface area contributed by atoms with Crippen LogP contribution in [0.5, 0.6) is 0 Å². The Kier molecular flexibility index (Phi) is 3.37. The Labute approximate surface area is 109 Å². The summed E-state index contributed by atoms with van der Waals surface area (Å²) in [6, 6.07) is 12.5. The lowest BCUT2D eigenvalue weighted by molar-refractivity contribution is 0.506. The zero-order valence-electron chi connectivity index (χ0n) is 11.3. The first-order valence-corrected chi connectivity index (χ1v) is 6.35.